The van der Waals surface area contributed by atoms with E-state index in [2.05, 4.69) is 15.6 Å². The third-order valence-electron chi connectivity index (χ3n) is 2.63. The molecule has 0 saturated heterocycles. The molecule has 1 heterocycles. The number of nitrogens with one attached hydrogen (secondary N) is 3. The molecule has 8 heteroatoms. The Morgan fingerprint density at radius 3 is 2.36 bits per heavy atom. The SMILES string of the molecule is CC(=O)Oc1c(NC(N)=O)cccc1NC(=O)c1cc[nH]c1. The van der Waals surface area contributed by atoms with Crippen LogP contribution >= 0.6 is 0 Å². The fourth-order valence-electron chi connectivity index (χ4n) is 1.78. The molecule has 0 unspecified atom stereocenters. The number of hydrogen-bond acceptors (Lipinski definition) is 4. The standard InChI is InChI=1S/C14H14N4O4/c1-8(19)22-12-10(3-2-4-11(12)18-14(15)21)17-13(20)9-5-6-16-7-9/h2-7,16H,1H3,(H,17,20)(H3,15,18,21). The first-order chi connectivity index (χ1) is 10.5. The molecule has 0 radical (unpaired) electrons. The van der Waals surface area contributed by atoms with E-state index in [4.69, 9.17) is 10.5 Å². The molecule has 22 heavy (non-hydrogen) atoms. The molecule has 3 amide bonds. The summed E-state index contributed by atoms with van der Waals surface area (Å²) in [5, 5.41) is 4.93. The van der Waals surface area contributed by atoms with Crippen LogP contribution in [0.1, 0.15) is 17.3 Å². The number of rotatable bonds is 4. The van der Waals surface area contributed by atoms with Crippen molar-refractivity contribution in [3.05, 3.63) is 42.2 Å². The van der Waals surface area contributed by atoms with Crippen molar-refractivity contribution in [3.8, 4) is 5.75 Å². The number of amides is 3. The van der Waals surface area contributed by atoms with Crippen LogP contribution < -0.4 is 21.1 Å². The first-order valence-corrected chi connectivity index (χ1v) is 6.29. The highest BCUT2D eigenvalue weighted by molar-refractivity contribution is 6.06. The predicted octanol–water partition coefficient (Wildman–Crippen LogP) is 1.68. The summed E-state index contributed by atoms with van der Waals surface area (Å²) in [5.74, 6) is -0.987. The summed E-state index contributed by atoms with van der Waals surface area (Å²) in [4.78, 5) is 37.1. The summed E-state index contributed by atoms with van der Waals surface area (Å²) in [6.07, 6.45) is 3.12. The highest BCUT2D eigenvalue weighted by Crippen LogP contribution is 2.33. The zero-order chi connectivity index (χ0) is 16.1. The first kappa shape index (κ1) is 15.1. The van der Waals surface area contributed by atoms with Crippen LogP contribution in [-0.2, 0) is 4.79 Å². The van der Waals surface area contributed by atoms with E-state index in [9.17, 15) is 14.4 Å². The number of carbonyl (C=O) groups is 3. The minimum absolute atomic E-state index is 0.0117. The summed E-state index contributed by atoms with van der Waals surface area (Å²) in [7, 11) is 0. The molecule has 0 atom stereocenters. The van der Waals surface area contributed by atoms with E-state index in [0.717, 1.165) is 0 Å². The summed E-state index contributed by atoms with van der Waals surface area (Å²) in [6, 6.07) is 5.38. The lowest BCUT2D eigenvalue weighted by Gasteiger charge is -2.14. The maximum absolute atomic E-state index is 12.1. The van der Waals surface area contributed by atoms with Gasteiger partial charge >= 0.3 is 12.0 Å². The molecule has 114 valence electrons. The van der Waals surface area contributed by atoms with Crippen molar-refractivity contribution in [2.24, 2.45) is 5.73 Å². The number of urea groups is 1. The van der Waals surface area contributed by atoms with Crippen LogP contribution in [-0.4, -0.2) is 22.9 Å². The molecule has 5 N–H and O–H groups in total. The van der Waals surface area contributed by atoms with Gasteiger partial charge in [-0.2, -0.15) is 0 Å². The van der Waals surface area contributed by atoms with Gasteiger partial charge < -0.3 is 26.1 Å². The Hall–Kier alpha value is -3.29. The lowest BCUT2D eigenvalue weighted by molar-refractivity contribution is -0.131. The number of esters is 1. The monoisotopic (exact) mass is 302 g/mol. The lowest BCUT2D eigenvalue weighted by Crippen LogP contribution is -2.21. The maximum Gasteiger partial charge on any atom is 0.316 e. The number of primary amides is 1. The Morgan fingerprint density at radius 1 is 1.14 bits per heavy atom. The largest absolute Gasteiger partial charge is 0.422 e. The average Bonchev–Trinajstić information content (AvgIpc) is 2.95. The number of carbonyl (C=O) groups excluding carboxylic acids is 3. The van der Waals surface area contributed by atoms with Gasteiger partial charge in [0.2, 0.25) is 0 Å². The van der Waals surface area contributed by atoms with Gasteiger partial charge in [-0.3, -0.25) is 9.59 Å². The molecule has 8 nitrogen and oxygen atoms in total. The number of aromatic nitrogens is 1. The van der Waals surface area contributed by atoms with Crippen molar-refractivity contribution in [2.45, 2.75) is 6.92 Å². The first-order valence-electron chi connectivity index (χ1n) is 6.29. The topological polar surface area (TPSA) is 126 Å². The Bertz CT molecular complexity index is 710. The molecule has 1 aromatic heterocycles. The van der Waals surface area contributed by atoms with Gasteiger partial charge in [0.05, 0.1) is 16.9 Å². The van der Waals surface area contributed by atoms with Gasteiger partial charge in [-0.15, -0.1) is 0 Å². The fourth-order valence-corrected chi connectivity index (χ4v) is 1.78. The van der Waals surface area contributed by atoms with E-state index >= 15 is 0 Å². The van der Waals surface area contributed by atoms with Crippen molar-refractivity contribution in [3.63, 3.8) is 0 Å². The quantitative estimate of drug-likeness (QED) is 0.506. The fraction of sp³-hybridized carbons (Fsp3) is 0.0714. The number of ether oxygens (including phenoxy) is 1. The zero-order valence-corrected chi connectivity index (χ0v) is 11.7. The molecule has 0 spiro atoms. The number of hydrogen-bond donors (Lipinski definition) is 4. The van der Waals surface area contributed by atoms with Crippen LogP contribution in [0.15, 0.2) is 36.7 Å². The molecular formula is C14H14N4O4. The van der Waals surface area contributed by atoms with Crippen molar-refractivity contribution in [1.82, 2.24) is 4.98 Å². The van der Waals surface area contributed by atoms with E-state index in [1.165, 1.54) is 25.3 Å². The normalized spacial score (nSPS) is 9.86. The van der Waals surface area contributed by atoms with E-state index in [0.29, 0.717) is 5.56 Å². The van der Waals surface area contributed by atoms with Crippen LogP contribution in [0.2, 0.25) is 0 Å². The highest BCUT2D eigenvalue weighted by atomic mass is 16.5. The average molecular weight is 302 g/mol. The molecular weight excluding hydrogens is 288 g/mol. The Balaban J connectivity index is 2.34. The smallest absolute Gasteiger partial charge is 0.316 e. The second-order valence-corrected chi connectivity index (χ2v) is 4.32. The van der Waals surface area contributed by atoms with E-state index in [1.807, 2.05) is 0 Å². The molecule has 1 aromatic carbocycles. The van der Waals surface area contributed by atoms with Gasteiger partial charge in [0.15, 0.2) is 5.75 Å². The number of benzene rings is 1. The molecule has 0 bridgehead atoms. The molecule has 0 aliphatic carbocycles. The maximum atomic E-state index is 12.1. The third-order valence-corrected chi connectivity index (χ3v) is 2.63. The lowest BCUT2D eigenvalue weighted by atomic mass is 10.2. The van der Waals surface area contributed by atoms with Crippen LogP contribution in [0, 0.1) is 0 Å². The zero-order valence-electron chi connectivity index (χ0n) is 11.7. The second kappa shape index (κ2) is 6.44. The van der Waals surface area contributed by atoms with Crippen LogP contribution in [0.5, 0.6) is 5.75 Å². The highest BCUT2D eigenvalue weighted by Gasteiger charge is 2.16. The predicted molar refractivity (Wildman–Crippen MR) is 79.7 cm³/mol. The number of aromatic amines is 1. The van der Waals surface area contributed by atoms with Gasteiger partial charge in [0, 0.05) is 19.3 Å². The number of para-hydroxylation sites is 1. The van der Waals surface area contributed by atoms with Gasteiger partial charge in [-0.05, 0) is 18.2 Å². The van der Waals surface area contributed by atoms with Crippen LogP contribution in [0.3, 0.4) is 0 Å². The van der Waals surface area contributed by atoms with Gasteiger partial charge in [0.25, 0.3) is 5.91 Å². The van der Waals surface area contributed by atoms with Crippen molar-refractivity contribution in [2.75, 3.05) is 10.6 Å². The van der Waals surface area contributed by atoms with E-state index < -0.39 is 17.9 Å². The second-order valence-electron chi connectivity index (χ2n) is 4.32. The Labute approximate surface area is 125 Å². The molecule has 0 aliphatic rings. The van der Waals surface area contributed by atoms with Crippen LogP contribution in [0.4, 0.5) is 16.2 Å². The van der Waals surface area contributed by atoms with Crippen molar-refractivity contribution >= 4 is 29.3 Å². The van der Waals surface area contributed by atoms with Crippen molar-refractivity contribution < 1.29 is 19.1 Å². The van der Waals surface area contributed by atoms with Gasteiger partial charge in [-0.25, -0.2) is 4.79 Å². The molecule has 2 aromatic rings. The minimum Gasteiger partial charge on any atom is -0.422 e. The van der Waals surface area contributed by atoms with Crippen molar-refractivity contribution in [1.29, 1.82) is 0 Å². The van der Waals surface area contributed by atoms with Gasteiger partial charge in [0.1, 0.15) is 0 Å². The summed E-state index contributed by atoms with van der Waals surface area (Å²) >= 11 is 0. The number of nitrogens with two attached hydrogens (primary N) is 1. The van der Waals surface area contributed by atoms with Gasteiger partial charge in [-0.1, -0.05) is 6.07 Å². The molecule has 0 saturated carbocycles. The number of anilines is 2. The molecule has 0 aliphatic heterocycles. The Morgan fingerprint density at radius 2 is 1.82 bits per heavy atom. The minimum atomic E-state index is -0.817. The summed E-state index contributed by atoms with van der Waals surface area (Å²) < 4.78 is 5.06. The summed E-state index contributed by atoms with van der Waals surface area (Å²) in [6.45, 7) is 1.21. The van der Waals surface area contributed by atoms with E-state index in [1.54, 1.807) is 18.3 Å². The molecule has 0 fully saturated rings. The van der Waals surface area contributed by atoms with E-state index in [-0.39, 0.29) is 17.1 Å². The molecule has 2 rings (SSSR count). The summed E-state index contributed by atoms with van der Waals surface area (Å²) in [5.41, 5.74) is 5.88. The number of H-pyrrole nitrogens is 1. The Kier molecular flexibility index (Phi) is 4.42. The third kappa shape index (κ3) is 3.63. The van der Waals surface area contributed by atoms with Crippen LogP contribution in [0.25, 0.3) is 0 Å².